The molecule has 1 fully saturated rings. The fourth-order valence-electron chi connectivity index (χ4n) is 2.63. The zero-order valence-corrected chi connectivity index (χ0v) is 11.5. The number of hydrogen-bond acceptors (Lipinski definition) is 3. The van der Waals surface area contributed by atoms with Gasteiger partial charge in [0.25, 0.3) is 0 Å². The second kappa shape index (κ2) is 7.25. The number of rotatable bonds is 6. The molecular formula is C13H29N3. The zero-order chi connectivity index (χ0) is 12.0. The van der Waals surface area contributed by atoms with Gasteiger partial charge in [-0.05, 0) is 72.9 Å². The number of likely N-dealkylation sites (tertiary alicyclic amines) is 1. The molecule has 1 heterocycles. The molecule has 0 aliphatic carbocycles. The summed E-state index contributed by atoms with van der Waals surface area (Å²) in [6, 6.07) is 0.743. The molecule has 0 radical (unpaired) electrons. The van der Waals surface area contributed by atoms with E-state index in [-0.39, 0.29) is 0 Å². The second-order valence-corrected chi connectivity index (χ2v) is 5.48. The molecule has 1 aliphatic heterocycles. The van der Waals surface area contributed by atoms with Crippen molar-refractivity contribution in [2.75, 3.05) is 47.3 Å². The molecule has 0 aromatic carbocycles. The summed E-state index contributed by atoms with van der Waals surface area (Å²) < 4.78 is 0. The fourth-order valence-corrected chi connectivity index (χ4v) is 2.63. The molecule has 0 spiro atoms. The Balaban J connectivity index is 2.20. The largest absolute Gasteiger partial charge is 0.320 e. The monoisotopic (exact) mass is 227 g/mol. The number of hydrogen-bond donors (Lipinski definition) is 1. The van der Waals surface area contributed by atoms with Crippen LogP contribution in [0.15, 0.2) is 0 Å². The van der Waals surface area contributed by atoms with Crippen molar-refractivity contribution in [1.29, 1.82) is 0 Å². The molecule has 1 atom stereocenters. The average molecular weight is 227 g/mol. The fraction of sp³-hybridized carbons (Fsp3) is 1.00. The van der Waals surface area contributed by atoms with Gasteiger partial charge < -0.3 is 15.1 Å². The van der Waals surface area contributed by atoms with E-state index in [1.54, 1.807) is 0 Å². The first-order valence-corrected chi connectivity index (χ1v) is 6.67. The van der Waals surface area contributed by atoms with E-state index in [9.17, 15) is 0 Å². The summed E-state index contributed by atoms with van der Waals surface area (Å²) in [6.45, 7) is 7.36. The van der Waals surface area contributed by atoms with E-state index >= 15 is 0 Å². The van der Waals surface area contributed by atoms with Crippen LogP contribution in [0.5, 0.6) is 0 Å². The van der Waals surface area contributed by atoms with Crippen LogP contribution in [-0.4, -0.2) is 63.2 Å². The molecular weight excluding hydrogens is 198 g/mol. The van der Waals surface area contributed by atoms with Crippen molar-refractivity contribution in [2.24, 2.45) is 5.92 Å². The van der Waals surface area contributed by atoms with E-state index in [1.165, 1.54) is 38.9 Å². The zero-order valence-electron chi connectivity index (χ0n) is 11.5. The molecule has 16 heavy (non-hydrogen) atoms. The molecule has 1 unspecified atom stereocenters. The van der Waals surface area contributed by atoms with Crippen LogP contribution in [0, 0.1) is 5.92 Å². The van der Waals surface area contributed by atoms with Crippen molar-refractivity contribution in [3.8, 4) is 0 Å². The lowest BCUT2D eigenvalue weighted by molar-refractivity contribution is 0.123. The van der Waals surface area contributed by atoms with E-state index in [1.807, 2.05) is 7.05 Å². The lowest BCUT2D eigenvalue weighted by atomic mass is 9.95. The van der Waals surface area contributed by atoms with Gasteiger partial charge in [0.1, 0.15) is 0 Å². The van der Waals surface area contributed by atoms with Crippen molar-refractivity contribution in [1.82, 2.24) is 15.1 Å². The van der Waals surface area contributed by atoms with Crippen LogP contribution in [0.3, 0.4) is 0 Å². The Kier molecular flexibility index (Phi) is 6.32. The first-order chi connectivity index (χ1) is 7.63. The van der Waals surface area contributed by atoms with Gasteiger partial charge in [-0.1, -0.05) is 0 Å². The van der Waals surface area contributed by atoms with Crippen LogP contribution < -0.4 is 5.32 Å². The van der Waals surface area contributed by atoms with Gasteiger partial charge in [-0.3, -0.25) is 0 Å². The van der Waals surface area contributed by atoms with Crippen LogP contribution in [0.1, 0.15) is 26.2 Å². The van der Waals surface area contributed by atoms with Crippen molar-refractivity contribution in [2.45, 2.75) is 32.2 Å². The molecule has 3 heteroatoms. The summed E-state index contributed by atoms with van der Waals surface area (Å²) in [6.07, 6.45) is 4.03. The minimum Gasteiger partial charge on any atom is -0.320 e. The van der Waals surface area contributed by atoms with Crippen molar-refractivity contribution < 1.29 is 0 Å². The van der Waals surface area contributed by atoms with Gasteiger partial charge in [-0.25, -0.2) is 0 Å². The molecule has 1 N–H and O–H groups in total. The molecule has 0 saturated carbocycles. The molecule has 0 amide bonds. The Hall–Kier alpha value is -0.120. The maximum absolute atomic E-state index is 3.24. The highest BCUT2D eigenvalue weighted by molar-refractivity contribution is 4.77. The predicted molar refractivity (Wildman–Crippen MR) is 70.9 cm³/mol. The standard InChI is InChI=1S/C13H29N3/c1-12(5-8-14-2)16-9-6-13(7-10-16)11-15(3)4/h12-14H,5-11H2,1-4H3. The number of piperidine rings is 1. The Bertz CT molecular complexity index is 174. The number of nitrogens with zero attached hydrogens (tertiary/aromatic N) is 2. The predicted octanol–water partition coefficient (Wildman–Crippen LogP) is 1.26. The van der Waals surface area contributed by atoms with Crippen molar-refractivity contribution in [3.63, 3.8) is 0 Å². The Labute approximate surface area is 101 Å². The van der Waals surface area contributed by atoms with Gasteiger partial charge in [0.15, 0.2) is 0 Å². The molecule has 3 nitrogen and oxygen atoms in total. The lowest BCUT2D eigenvalue weighted by Gasteiger charge is -2.37. The number of nitrogens with one attached hydrogen (secondary N) is 1. The Morgan fingerprint density at radius 2 is 1.94 bits per heavy atom. The van der Waals surface area contributed by atoms with Crippen LogP contribution in [0.2, 0.25) is 0 Å². The maximum Gasteiger partial charge on any atom is 0.00790 e. The molecule has 0 bridgehead atoms. The third kappa shape index (κ3) is 4.81. The third-order valence-electron chi connectivity index (χ3n) is 3.71. The van der Waals surface area contributed by atoms with E-state index in [2.05, 4.69) is 36.1 Å². The quantitative estimate of drug-likeness (QED) is 0.737. The molecule has 1 saturated heterocycles. The summed E-state index contributed by atoms with van der Waals surface area (Å²) in [7, 11) is 6.40. The maximum atomic E-state index is 3.24. The summed E-state index contributed by atoms with van der Waals surface area (Å²) in [5, 5.41) is 3.24. The van der Waals surface area contributed by atoms with Crippen LogP contribution in [0.25, 0.3) is 0 Å². The molecule has 0 aromatic rings. The van der Waals surface area contributed by atoms with E-state index in [4.69, 9.17) is 0 Å². The van der Waals surface area contributed by atoms with Crippen LogP contribution >= 0.6 is 0 Å². The van der Waals surface area contributed by atoms with Gasteiger partial charge in [0.05, 0.1) is 0 Å². The van der Waals surface area contributed by atoms with Crippen molar-refractivity contribution in [3.05, 3.63) is 0 Å². The van der Waals surface area contributed by atoms with Gasteiger partial charge in [-0.2, -0.15) is 0 Å². The van der Waals surface area contributed by atoms with Crippen LogP contribution in [0.4, 0.5) is 0 Å². The second-order valence-electron chi connectivity index (χ2n) is 5.48. The summed E-state index contributed by atoms with van der Waals surface area (Å²) in [5.74, 6) is 0.919. The smallest absolute Gasteiger partial charge is 0.00790 e. The van der Waals surface area contributed by atoms with Crippen molar-refractivity contribution >= 4 is 0 Å². The highest BCUT2D eigenvalue weighted by atomic mass is 15.2. The molecule has 96 valence electrons. The topological polar surface area (TPSA) is 18.5 Å². The van der Waals surface area contributed by atoms with Gasteiger partial charge in [-0.15, -0.1) is 0 Å². The minimum atomic E-state index is 0.743. The molecule has 1 rings (SSSR count). The minimum absolute atomic E-state index is 0.743. The summed E-state index contributed by atoms with van der Waals surface area (Å²) in [4.78, 5) is 4.98. The van der Waals surface area contributed by atoms with E-state index < -0.39 is 0 Å². The van der Waals surface area contributed by atoms with Gasteiger partial charge in [0, 0.05) is 12.6 Å². The van der Waals surface area contributed by atoms with Gasteiger partial charge >= 0.3 is 0 Å². The Morgan fingerprint density at radius 3 is 2.44 bits per heavy atom. The van der Waals surface area contributed by atoms with Gasteiger partial charge in [0.2, 0.25) is 0 Å². The normalized spacial score (nSPS) is 21.6. The van der Waals surface area contributed by atoms with E-state index in [0.29, 0.717) is 0 Å². The highest BCUT2D eigenvalue weighted by Gasteiger charge is 2.22. The lowest BCUT2D eigenvalue weighted by Crippen LogP contribution is -2.42. The first kappa shape index (κ1) is 13.9. The average Bonchev–Trinajstić information content (AvgIpc) is 2.26. The first-order valence-electron chi connectivity index (χ1n) is 6.67. The Morgan fingerprint density at radius 1 is 1.31 bits per heavy atom. The molecule has 1 aliphatic rings. The SMILES string of the molecule is CNCCC(C)N1CCC(CN(C)C)CC1. The van der Waals surface area contributed by atoms with Crippen LogP contribution in [-0.2, 0) is 0 Å². The van der Waals surface area contributed by atoms with E-state index in [0.717, 1.165) is 18.5 Å². The summed E-state index contributed by atoms with van der Waals surface area (Å²) in [5.41, 5.74) is 0. The third-order valence-corrected chi connectivity index (χ3v) is 3.71. The summed E-state index contributed by atoms with van der Waals surface area (Å²) >= 11 is 0. The molecule has 0 aromatic heterocycles. The highest BCUT2D eigenvalue weighted by Crippen LogP contribution is 2.20.